The fourth-order valence-corrected chi connectivity index (χ4v) is 7.20. The van der Waals surface area contributed by atoms with Crippen LogP contribution in [0.4, 0.5) is 0 Å². The van der Waals surface area contributed by atoms with Gasteiger partial charge in [-0.05, 0) is 53.4 Å². The molecule has 1 atom stereocenters. The maximum atomic E-state index is 13.1. The Morgan fingerprint density at radius 2 is 1.15 bits per heavy atom. The van der Waals surface area contributed by atoms with E-state index in [0.29, 0.717) is 45.4 Å². The van der Waals surface area contributed by atoms with E-state index in [1.54, 1.807) is 14.0 Å². The molecule has 59 heavy (non-hydrogen) atoms. The lowest BCUT2D eigenvalue weighted by atomic mass is 9.88. The molecule has 1 heterocycles. The van der Waals surface area contributed by atoms with Gasteiger partial charge in [0.2, 0.25) is 29.5 Å². The second-order valence-electron chi connectivity index (χ2n) is 19.0. The maximum absolute atomic E-state index is 13.1. The van der Waals surface area contributed by atoms with Crippen LogP contribution in [0.25, 0.3) is 0 Å². The minimum absolute atomic E-state index is 0.0608. The number of amides is 5. The Kier molecular flexibility index (Phi) is 28.1. The molecule has 0 bridgehead atoms. The lowest BCUT2D eigenvalue weighted by Gasteiger charge is -2.30. The van der Waals surface area contributed by atoms with Crippen LogP contribution in [-0.4, -0.2) is 90.7 Å². The SMILES string of the molecule is CCCCCCCCCCCCCCCCCCCCC(=O)N(C)NCOC(C)(C)CCNC(=O)C(C)(C)CCOC(C)(C)CCNC(=O)CCN1C(=O)CC(C)C1=O. The molecule has 1 fully saturated rings. The van der Waals surface area contributed by atoms with Gasteiger partial charge in [-0.1, -0.05) is 137 Å². The monoisotopic (exact) mass is 836 g/mol. The van der Waals surface area contributed by atoms with Gasteiger partial charge in [-0.15, -0.1) is 0 Å². The molecule has 1 aliphatic heterocycles. The second kappa shape index (κ2) is 30.5. The van der Waals surface area contributed by atoms with Gasteiger partial charge in [0.05, 0.1) is 11.2 Å². The predicted octanol–water partition coefficient (Wildman–Crippen LogP) is 9.14. The van der Waals surface area contributed by atoms with Crippen molar-refractivity contribution in [2.24, 2.45) is 11.3 Å². The van der Waals surface area contributed by atoms with Gasteiger partial charge in [0, 0.05) is 63.9 Å². The Labute approximate surface area is 360 Å². The molecule has 1 aliphatic rings. The van der Waals surface area contributed by atoms with E-state index < -0.39 is 16.6 Å². The summed E-state index contributed by atoms with van der Waals surface area (Å²) in [6.07, 6.45) is 26.4. The molecule has 0 saturated carbocycles. The highest BCUT2D eigenvalue weighted by molar-refractivity contribution is 6.03. The first-order valence-electron chi connectivity index (χ1n) is 23.6. The third-order valence-electron chi connectivity index (χ3n) is 11.8. The average Bonchev–Trinajstić information content (AvgIpc) is 3.41. The fourth-order valence-electron chi connectivity index (χ4n) is 7.20. The maximum Gasteiger partial charge on any atom is 0.236 e. The summed E-state index contributed by atoms with van der Waals surface area (Å²) in [5, 5.41) is 7.42. The Bertz CT molecular complexity index is 1210. The van der Waals surface area contributed by atoms with Crippen LogP contribution >= 0.6 is 0 Å². The first-order valence-corrected chi connectivity index (χ1v) is 23.6. The van der Waals surface area contributed by atoms with Gasteiger partial charge < -0.3 is 20.1 Å². The van der Waals surface area contributed by atoms with Crippen molar-refractivity contribution in [2.75, 3.05) is 40.0 Å². The molecule has 0 aliphatic carbocycles. The van der Waals surface area contributed by atoms with Crippen molar-refractivity contribution in [3.63, 3.8) is 0 Å². The molecule has 12 nitrogen and oxygen atoms in total. The highest BCUT2D eigenvalue weighted by atomic mass is 16.5. The summed E-state index contributed by atoms with van der Waals surface area (Å²) < 4.78 is 12.1. The van der Waals surface area contributed by atoms with Crippen molar-refractivity contribution in [1.82, 2.24) is 26.0 Å². The average molecular weight is 836 g/mol. The van der Waals surface area contributed by atoms with E-state index in [0.717, 1.165) is 12.8 Å². The Morgan fingerprint density at radius 3 is 1.64 bits per heavy atom. The molecule has 1 rings (SSSR count). The van der Waals surface area contributed by atoms with Gasteiger partial charge in [-0.3, -0.25) is 33.9 Å². The van der Waals surface area contributed by atoms with E-state index in [1.165, 1.54) is 113 Å². The van der Waals surface area contributed by atoms with E-state index in [4.69, 9.17) is 9.47 Å². The molecule has 12 heteroatoms. The quantitative estimate of drug-likeness (QED) is 0.0243. The molecule has 1 unspecified atom stereocenters. The summed E-state index contributed by atoms with van der Waals surface area (Å²) in [5.41, 5.74) is 1.39. The van der Waals surface area contributed by atoms with Crippen molar-refractivity contribution in [1.29, 1.82) is 0 Å². The van der Waals surface area contributed by atoms with Crippen LogP contribution < -0.4 is 16.1 Å². The first kappa shape index (κ1) is 54.4. The van der Waals surface area contributed by atoms with E-state index in [1.807, 2.05) is 41.5 Å². The van der Waals surface area contributed by atoms with Gasteiger partial charge in [0.25, 0.3) is 0 Å². The molecule has 0 radical (unpaired) electrons. The number of hydrogen-bond acceptors (Lipinski definition) is 8. The summed E-state index contributed by atoms with van der Waals surface area (Å²) in [7, 11) is 1.74. The number of ether oxygens (including phenoxy) is 2. The second-order valence-corrected chi connectivity index (χ2v) is 19.0. The van der Waals surface area contributed by atoms with Crippen LogP contribution in [0.2, 0.25) is 0 Å². The van der Waals surface area contributed by atoms with Crippen LogP contribution in [0.1, 0.15) is 209 Å². The number of carbonyl (C=O) groups excluding carboxylic acids is 5. The number of unbranched alkanes of at least 4 members (excludes halogenated alkanes) is 17. The van der Waals surface area contributed by atoms with Gasteiger partial charge in [0.15, 0.2) is 0 Å². The summed E-state index contributed by atoms with van der Waals surface area (Å²) in [4.78, 5) is 63.1. The van der Waals surface area contributed by atoms with Crippen molar-refractivity contribution in [3.05, 3.63) is 0 Å². The molecular weight excluding hydrogens is 747 g/mol. The third kappa shape index (κ3) is 26.4. The number of hydrogen-bond donors (Lipinski definition) is 3. The normalized spacial score (nSPS) is 14.9. The molecular formula is C47H89N5O7. The Morgan fingerprint density at radius 1 is 0.678 bits per heavy atom. The van der Waals surface area contributed by atoms with Gasteiger partial charge >= 0.3 is 0 Å². The zero-order valence-corrected chi connectivity index (χ0v) is 39.3. The van der Waals surface area contributed by atoms with Crippen LogP contribution in [0, 0.1) is 11.3 Å². The van der Waals surface area contributed by atoms with Crippen molar-refractivity contribution >= 4 is 29.5 Å². The number of likely N-dealkylation sites (tertiary alicyclic amines) is 1. The summed E-state index contributed by atoms with van der Waals surface area (Å²) in [5.74, 6) is -0.963. The van der Waals surface area contributed by atoms with Crippen LogP contribution in [-0.2, 0) is 33.4 Å². The van der Waals surface area contributed by atoms with Crippen LogP contribution in [0.3, 0.4) is 0 Å². The smallest absolute Gasteiger partial charge is 0.236 e. The molecule has 0 aromatic rings. The van der Waals surface area contributed by atoms with Crippen molar-refractivity contribution in [3.8, 4) is 0 Å². The Hall–Kier alpha value is -2.57. The number of nitrogens with zero attached hydrogens (tertiary/aromatic N) is 2. The third-order valence-corrected chi connectivity index (χ3v) is 11.8. The topological polar surface area (TPSA) is 146 Å². The fraction of sp³-hybridized carbons (Fsp3) is 0.894. The van der Waals surface area contributed by atoms with Crippen molar-refractivity contribution < 1.29 is 33.4 Å². The summed E-state index contributed by atoms with van der Waals surface area (Å²) in [6, 6.07) is 0. The van der Waals surface area contributed by atoms with Gasteiger partial charge in [-0.2, -0.15) is 0 Å². The lowest BCUT2D eigenvalue weighted by molar-refractivity contribution is -0.140. The largest absolute Gasteiger partial charge is 0.375 e. The number of nitrogens with one attached hydrogen (secondary N) is 3. The minimum atomic E-state index is -0.645. The predicted molar refractivity (Wildman–Crippen MR) is 238 cm³/mol. The van der Waals surface area contributed by atoms with Crippen LogP contribution in [0.5, 0.6) is 0 Å². The zero-order valence-electron chi connectivity index (χ0n) is 39.3. The number of rotatable bonds is 37. The molecule has 0 aromatic carbocycles. The lowest BCUT2D eigenvalue weighted by Crippen LogP contribution is -2.44. The van der Waals surface area contributed by atoms with E-state index in [9.17, 15) is 24.0 Å². The minimum Gasteiger partial charge on any atom is -0.375 e. The summed E-state index contributed by atoms with van der Waals surface area (Å²) >= 11 is 0. The van der Waals surface area contributed by atoms with E-state index >= 15 is 0 Å². The highest BCUT2D eigenvalue weighted by Crippen LogP contribution is 2.24. The standard InChI is InChI=1S/C47H89N5O7/c1-10-11-12-13-14-15-16-17-18-19-20-21-22-23-24-25-26-27-28-41(54)51(9)50-38-59-47(7,8)31-34-49-44(57)45(3,4)32-36-58-46(5,6)30-33-48-40(53)29-35-52-42(55)37-39(2)43(52)56/h39,50H,10-38H2,1-9H3,(H,48,53)(H,49,57). The van der Waals surface area contributed by atoms with Gasteiger partial charge in [-0.25, -0.2) is 5.43 Å². The van der Waals surface area contributed by atoms with Crippen LogP contribution in [0.15, 0.2) is 0 Å². The summed E-state index contributed by atoms with van der Waals surface area (Å²) in [6.45, 7) is 17.2. The first-order chi connectivity index (χ1) is 27.9. The molecule has 3 N–H and O–H groups in total. The molecule has 0 aromatic heterocycles. The molecule has 344 valence electrons. The highest BCUT2D eigenvalue weighted by Gasteiger charge is 2.35. The number of hydrazine groups is 1. The molecule has 0 spiro atoms. The molecule has 1 saturated heterocycles. The molecule has 5 amide bonds. The number of carbonyl (C=O) groups is 5. The van der Waals surface area contributed by atoms with Crippen molar-refractivity contribution in [2.45, 2.75) is 221 Å². The van der Waals surface area contributed by atoms with E-state index in [2.05, 4.69) is 23.0 Å². The number of imide groups is 1. The Balaban J connectivity index is 2.09. The van der Waals surface area contributed by atoms with E-state index in [-0.39, 0.29) is 61.6 Å². The zero-order chi connectivity index (χ0) is 44.2. The van der Waals surface area contributed by atoms with Gasteiger partial charge in [0.1, 0.15) is 6.73 Å².